The van der Waals surface area contributed by atoms with E-state index in [0.717, 1.165) is 12.1 Å². The highest BCUT2D eigenvalue weighted by Gasteiger charge is 2.20. The SMILES string of the molecule is O=[N+]([O-])c1ccc(S(=O)(=O)Nc2cncnc2)cc1F. The van der Waals surface area contributed by atoms with Crippen LogP contribution < -0.4 is 4.72 Å². The van der Waals surface area contributed by atoms with Gasteiger partial charge in [0.2, 0.25) is 5.82 Å². The second kappa shape index (κ2) is 5.17. The van der Waals surface area contributed by atoms with Crippen LogP contribution in [0.1, 0.15) is 0 Å². The van der Waals surface area contributed by atoms with Gasteiger partial charge in [-0.25, -0.2) is 18.4 Å². The van der Waals surface area contributed by atoms with E-state index >= 15 is 0 Å². The predicted molar refractivity (Wildman–Crippen MR) is 65.9 cm³/mol. The number of sulfonamides is 1. The summed E-state index contributed by atoms with van der Waals surface area (Å²) in [5.41, 5.74) is -0.710. The second-order valence-corrected chi connectivity index (χ2v) is 5.29. The molecule has 0 aliphatic rings. The van der Waals surface area contributed by atoms with Crippen molar-refractivity contribution in [2.75, 3.05) is 4.72 Å². The molecule has 1 aromatic heterocycles. The normalized spacial score (nSPS) is 11.1. The Labute approximate surface area is 112 Å². The van der Waals surface area contributed by atoms with E-state index in [2.05, 4.69) is 14.7 Å². The fraction of sp³-hybridized carbons (Fsp3) is 0. The molecule has 0 saturated heterocycles. The summed E-state index contributed by atoms with van der Waals surface area (Å²) >= 11 is 0. The van der Waals surface area contributed by atoms with Crippen LogP contribution in [-0.4, -0.2) is 23.3 Å². The van der Waals surface area contributed by atoms with Crippen molar-refractivity contribution in [3.05, 3.63) is 52.9 Å². The summed E-state index contributed by atoms with van der Waals surface area (Å²) in [5, 5.41) is 10.5. The highest BCUT2D eigenvalue weighted by atomic mass is 32.2. The van der Waals surface area contributed by atoms with Crippen LogP contribution >= 0.6 is 0 Å². The number of hydrogen-bond donors (Lipinski definition) is 1. The van der Waals surface area contributed by atoms with E-state index in [1.807, 2.05) is 0 Å². The van der Waals surface area contributed by atoms with Gasteiger partial charge < -0.3 is 0 Å². The minimum atomic E-state index is -4.07. The molecule has 2 aromatic rings. The van der Waals surface area contributed by atoms with E-state index in [9.17, 15) is 22.9 Å². The number of rotatable bonds is 4. The van der Waals surface area contributed by atoms with E-state index in [1.54, 1.807) is 0 Å². The van der Waals surface area contributed by atoms with Crippen LogP contribution in [0.5, 0.6) is 0 Å². The highest BCUT2D eigenvalue weighted by Crippen LogP contribution is 2.22. The van der Waals surface area contributed by atoms with Gasteiger partial charge in [0, 0.05) is 12.1 Å². The molecule has 1 heterocycles. The highest BCUT2D eigenvalue weighted by molar-refractivity contribution is 7.92. The first-order valence-corrected chi connectivity index (χ1v) is 6.60. The molecule has 1 N–H and O–H groups in total. The van der Waals surface area contributed by atoms with Gasteiger partial charge in [-0.1, -0.05) is 0 Å². The Balaban J connectivity index is 2.35. The summed E-state index contributed by atoms with van der Waals surface area (Å²) in [6.07, 6.45) is 3.64. The molecule has 8 nitrogen and oxygen atoms in total. The number of aromatic nitrogens is 2. The molecule has 0 radical (unpaired) electrons. The van der Waals surface area contributed by atoms with E-state index < -0.39 is 31.3 Å². The molecule has 0 saturated carbocycles. The molecule has 10 heteroatoms. The van der Waals surface area contributed by atoms with Crippen molar-refractivity contribution >= 4 is 21.4 Å². The van der Waals surface area contributed by atoms with Crippen molar-refractivity contribution < 1.29 is 17.7 Å². The number of nitrogens with zero attached hydrogens (tertiary/aromatic N) is 3. The lowest BCUT2D eigenvalue weighted by atomic mass is 10.3. The van der Waals surface area contributed by atoms with Gasteiger partial charge in [-0.15, -0.1) is 0 Å². The van der Waals surface area contributed by atoms with Crippen LogP contribution in [0.25, 0.3) is 0 Å². The summed E-state index contributed by atoms with van der Waals surface area (Å²) < 4.78 is 39.4. The first-order chi connectivity index (χ1) is 9.40. The molecule has 0 aliphatic carbocycles. The molecule has 0 unspecified atom stereocenters. The number of nitro benzene ring substituents is 1. The smallest absolute Gasteiger partial charge is 0.276 e. The lowest BCUT2D eigenvalue weighted by Crippen LogP contribution is -2.13. The summed E-state index contributed by atoms with van der Waals surface area (Å²) in [7, 11) is -4.07. The van der Waals surface area contributed by atoms with Crippen LogP contribution in [0.4, 0.5) is 15.8 Å². The molecule has 2 rings (SSSR count). The van der Waals surface area contributed by atoms with Crippen molar-refractivity contribution in [1.82, 2.24) is 9.97 Å². The summed E-state index contributed by atoms with van der Waals surface area (Å²) in [4.78, 5) is 16.3. The van der Waals surface area contributed by atoms with Crippen molar-refractivity contribution in [3.8, 4) is 0 Å². The Morgan fingerprint density at radius 1 is 1.25 bits per heavy atom. The number of nitro groups is 1. The molecule has 0 aliphatic heterocycles. The Morgan fingerprint density at radius 2 is 1.90 bits per heavy atom. The van der Waals surface area contributed by atoms with Crippen LogP contribution in [0.15, 0.2) is 41.8 Å². The zero-order valence-electron chi connectivity index (χ0n) is 9.72. The van der Waals surface area contributed by atoms with Gasteiger partial charge in [0.15, 0.2) is 0 Å². The fourth-order valence-corrected chi connectivity index (χ4v) is 2.41. The molecule has 0 bridgehead atoms. The molecule has 104 valence electrons. The zero-order chi connectivity index (χ0) is 14.8. The maximum absolute atomic E-state index is 13.4. The molecule has 0 atom stereocenters. The van der Waals surface area contributed by atoms with E-state index in [-0.39, 0.29) is 5.69 Å². The van der Waals surface area contributed by atoms with Crippen molar-refractivity contribution in [3.63, 3.8) is 0 Å². The Bertz CT molecular complexity index is 751. The van der Waals surface area contributed by atoms with E-state index in [1.165, 1.54) is 18.7 Å². The third kappa shape index (κ3) is 2.85. The monoisotopic (exact) mass is 298 g/mol. The first kappa shape index (κ1) is 13.8. The van der Waals surface area contributed by atoms with Crippen LogP contribution in [-0.2, 0) is 10.0 Å². The fourth-order valence-electron chi connectivity index (χ4n) is 1.37. The van der Waals surface area contributed by atoms with Gasteiger partial charge in [0.25, 0.3) is 10.0 Å². The lowest BCUT2D eigenvalue weighted by Gasteiger charge is -2.07. The van der Waals surface area contributed by atoms with Crippen molar-refractivity contribution in [1.29, 1.82) is 0 Å². The number of anilines is 1. The average molecular weight is 298 g/mol. The minimum Gasteiger partial charge on any atom is -0.276 e. The predicted octanol–water partition coefficient (Wildman–Crippen LogP) is 1.32. The molecule has 1 aromatic carbocycles. The number of benzene rings is 1. The molecular weight excluding hydrogens is 291 g/mol. The Kier molecular flexibility index (Phi) is 3.57. The third-order valence-corrected chi connectivity index (χ3v) is 3.62. The molecule has 0 fully saturated rings. The van der Waals surface area contributed by atoms with Gasteiger partial charge in [-0.3, -0.25) is 14.8 Å². The largest absolute Gasteiger partial charge is 0.304 e. The second-order valence-electron chi connectivity index (χ2n) is 3.60. The van der Waals surface area contributed by atoms with Gasteiger partial charge in [-0.05, 0) is 6.07 Å². The maximum atomic E-state index is 13.4. The summed E-state index contributed by atoms with van der Waals surface area (Å²) in [6.45, 7) is 0. The molecular formula is C10H7FN4O4S. The average Bonchev–Trinajstić information content (AvgIpc) is 2.38. The van der Waals surface area contributed by atoms with Crippen LogP contribution in [0.2, 0.25) is 0 Å². The van der Waals surface area contributed by atoms with Crippen molar-refractivity contribution in [2.45, 2.75) is 4.90 Å². The number of nitrogens with one attached hydrogen (secondary N) is 1. The van der Waals surface area contributed by atoms with Crippen LogP contribution in [0.3, 0.4) is 0 Å². The molecule has 0 spiro atoms. The quantitative estimate of drug-likeness (QED) is 0.672. The minimum absolute atomic E-state index is 0.0891. The summed E-state index contributed by atoms with van der Waals surface area (Å²) in [6, 6.07) is 2.29. The standard InChI is InChI=1S/C10H7FN4O4S/c11-9-3-8(1-2-10(9)15(16)17)20(18,19)14-7-4-12-6-13-5-7/h1-6,14H. The molecule has 20 heavy (non-hydrogen) atoms. The lowest BCUT2D eigenvalue weighted by molar-refractivity contribution is -0.387. The van der Waals surface area contributed by atoms with Crippen molar-refractivity contribution in [2.24, 2.45) is 0 Å². The van der Waals surface area contributed by atoms with E-state index in [0.29, 0.717) is 6.07 Å². The number of hydrogen-bond acceptors (Lipinski definition) is 6. The maximum Gasteiger partial charge on any atom is 0.304 e. The Hall–Kier alpha value is -2.62. The molecule has 0 amide bonds. The third-order valence-electron chi connectivity index (χ3n) is 2.24. The van der Waals surface area contributed by atoms with Gasteiger partial charge in [-0.2, -0.15) is 4.39 Å². The Morgan fingerprint density at radius 3 is 2.45 bits per heavy atom. The van der Waals surface area contributed by atoms with Gasteiger partial charge in [0.1, 0.15) is 6.33 Å². The van der Waals surface area contributed by atoms with Gasteiger partial charge in [0.05, 0.1) is 27.9 Å². The van der Waals surface area contributed by atoms with E-state index in [4.69, 9.17) is 0 Å². The van der Waals surface area contributed by atoms with Gasteiger partial charge >= 0.3 is 5.69 Å². The zero-order valence-corrected chi connectivity index (χ0v) is 10.5. The first-order valence-electron chi connectivity index (χ1n) is 5.12. The topological polar surface area (TPSA) is 115 Å². The number of halogens is 1. The summed E-state index contributed by atoms with van der Waals surface area (Å²) in [5.74, 6) is -1.23. The van der Waals surface area contributed by atoms with Crippen LogP contribution in [0, 0.1) is 15.9 Å².